The second-order valence-electron chi connectivity index (χ2n) is 5.54. The summed E-state index contributed by atoms with van der Waals surface area (Å²) in [7, 11) is 2.04. The van der Waals surface area contributed by atoms with E-state index in [1.807, 2.05) is 11.9 Å². The van der Waals surface area contributed by atoms with Crippen LogP contribution in [0, 0.1) is 0 Å². The van der Waals surface area contributed by atoms with Crippen LogP contribution in [0.4, 0.5) is 0 Å². The first kappa shape index (κ1) is 15.0. The lowest BCUT2D eigenvalue weighted by molar-refractivity contribution is -0.742. The van der Waals surface area contributed by atoms with Gasteiger partial charge >= 0.3 is 0 Å². The van der Waals surface area contributed by atoms with Crippen LogP contribution in [0.15, 0.2) is 24.4 Å². The van der Waals surface area contributed by atoms with Crippen LogP contribution in [0.3, 0.4) is 0 Å². The van der Waals surface area contributed by atoms with E-state index >= 15 is 0 Å². The molecule has 0 unspecified atom stereocenters. The SMILES string of the molecule is CN1CCN(C(=O)C[n+]2cc([O-])c3cc(Cl)ccc3n2)CC1. The van der Waals surface area contributed by atoms with Gasteiger partial charge in [-0.15, -0.1) is 0 Å². The second kappa shape index (κ2) is 6.06. The quantitative estimate of drug-likeness (QED) is 0.732. The number of amides is 1. The van der Waals surface area contributed by atoms with Gasteiger partial charge in [0.2, 0.25) is 0 Å². The first-order chi connectivity index (χ1) is 10.5. The van der Waals surface area contributed by atoms with Gasteiger partial charge in [-0.2, -0.15) is 0 Å². The molecule has 1 amide bonds. The summed E-state index contributed by atoms with van der Waals surface area (Å²) in [5, 5.41) is 17.4. The van der Waals surface area contributed by atoms with E-state index in [0.717, 1.165) is 13.1 Å². The molecule has 0 radical (unpaired) electrons. The normalized spacial score (nSPS) is 16.2. The molecular weight excluding hydrogens is 304 g/mol. The van der Waals surface area contributed by atoms with Crippen molar-refractivity contribution in [3.8, 4) is 5.75 Å². The molecule has 7 heteroatoms. The standard InChI is InChI=1S/C15H17ClN4O2/c1-18-4-6-19(7-5-18)15(22)10-20-9-14(21)12-8-11(16)2-3-13(12)17-20/h2-3,8-9H,4-7,10H2,1H3. The Bertz CT molecular complexity index is 714. The van der Waals surface area contributed by atoms with Crippen molar-refractivity contribution in [3.63, 3.8) is 0 Å². The van der Waals surface area contributed by atoms with E-state index in [1.54, 1.807) is 18.2 Å². The molecule has 2 heterocycles. The van der Waals surface area contributed by atoms with E-state index in [-0.39, 0.29) is 18.2 Å². The monoisotopic (exact) mass is 320 g/mol. The number of aromatic nitrogens is 2. The number of rotatable bonds is 2. The number of halogens is 1. The molecule has 22 heavy (non-hydrogen) atoms. The van der Waals surface area contributed by atoms with Crippen molar-refractivity contribution < 1.29 is 14.6 Å². The molecule has 0 saturated carbocycles. The topological polar surface area (TPSA) is 63.4 Å². The molecule has 0 N–H and O–H groups in total. The fraction of sp³-hybridized carbons (Fsp3) is 0.400. The Labute approximate surface area is 133 Å². The van der Waals surface area contributed by atoms with E-state index in [2.05, 4.69) is 10.00 Å². The first-order valence-corrected chi connectivity index (χ1v) is 7.54. The van der Waals surface area contributed by atoms with Gasteiger partial charge in [0, 0.05) is 41.7 Å². The zero-order valence-electron chi connectivity index (χ0n) is 12.3. The van der Waals surface area contributed by atoms with Crippen LogP contribution in [0.1, 0.15) is 0 Å². The van der Waals surface area contributed by atoms with Gasteiger partial charge in [0.1, 0.15) is 5.52 Å². The molecule has 1 saturated heterocycles. The third-order valence-electron chi connectivity index (χ3n) is 3.88. The molecule has 0 aliphatic carbocycles. The highest BCUT2D eigenvalue weighted by Crippen LogP contribution is 2.22. The summed E-state index contributed by atoms with van der Waals surface area (Å²) in [5.74, 6) is -0.197. The highest BCUT2D eigenvalue weighted by Gasteiger charge is 2.23. The lowest BCUT2D eigenvalue weighted by Gasteiger charge is -2.31. The second-order valence-corrected chi connectivity index (χ2v) is 5.97. The molecule has 6 nitrogen and oxygen atoms in total. The summed E-state index contributed by atoms with van der Waals surface area (Å²) in [6.45, 7) is 3.24. The summed E-state index contributed by atoms with van der Waals surface area (Å²) in [6.07, 6.45) is 1.35. The van der Waals surface area contributed by atoms with Crippen molar-refractivity contribution in [1.29, 1.82) is 0 Å². The van der Waals surface area contributed by atoms with Crippen molar-refractivity contribution in [2.45, 2.75) is 6.54 Å². The maximum Gasteiger partial charge on any atom is 0.291 e. The number of carbonyl (C=O) groups is 1. The van der Waals surface area contributed by atoms with Crippen molar-refractivity contribution in [2.75, 3.05) is 33.2 Å². The minimum absolute atomic E-state index is 0.0155. The van der Waals surface area contributed by atoms with Crippen molar-refractivity contribution in [2.24, 2.45) is 0 Å². The predicted molar refractivity (Wildman–Crippen MR) is 80.5 cm³/mol. The van der Waals surface area contributed by atoms with Crippen LogP contribution in [-0.4, -0.2) is 54.0 Å². The van der Waals surface area contributed by atoms with Crippen LogP contribution >= 0.6 is 11.6 Å². The van der Waals surface area contributed by atoms with Crippen LogP contribution in [-0.2, 0) is 11.3 Å². The van der Waals surface area contributed by atoms with Gasteiger partial charge in [-0.25, -0.2) is 0 Å². The zero-order chi connectivity index (χ0) is 15.7. The largest absolute Gasteiger partial charge is 0.868 e. The van der Waals surface area contributed by atoms with Gasteiger partial charge in [-0.1, -0.05) is 16.3 Å². The van der Waals surface area contributed by atoms with Gasteiger partial charge in [-0.3, -0.25) is 4.79 Å². The average molecular weight is 321 g/mol. The van der Waals surface area contributed by atoms with Crippen molar-refractivity contribution in [1.82, 2.24) is 14.9 Å². The third kappa shape index (κ3) is 3.13. The van der Waals surface area contributed by atoms with E-state index < -0.39 is 0 Å². The van der Waals surface area contributed by atoms with E-state index in [9.17, 15) is 9.90 Å². The number of hydrogen-bond acceptors (Lipinski definition) is 4. The first-order valence-electron chi connectivity index (χ1n) is 7.16. The zero-order valence-corrected chi connectivity index (χ0v) is 13.1. The number of piperazine rings is 1. The Morgan fingerprint density at radius 3 is 2.82 bits per heavy atom. The number of carbonyl (C=O) groups excluding carboxylic acids is 1. The fourth-order valence-electron chi connectivity index (χ4n) is 2.54. The summed E-state index contributed by atoms with van der Waals surface area (Å²) in [5.41, 5.74) is 0.545. The van der Waals surface area contributed by atoms with Crippen LogP contribution < -0.4 is 9.79 Å². The molecule has 0 atom stereocenters. The van der Waals surface area contributed by atoms with Gasteiger partial charge in [0.05, 0.1) is 0 Å². The minimum Gasteiger partial charge on any atom is -0.868 e. The smallest absolute Gasteiger partial charge is 0.291 e. The Kier molecular flexibility index (Phi) is 4.13. The van der Waals surface area contributed by atoms with Gasteiger partial charge < -0.3 is 14.9 Å². The molecule has 1 aromatic carbocycles. The van der Waals surface area contributed by atoms with Crippen molar-refractivity contribution >= 4 is 28.4 Å². The molecule has 116 valence electrons. The summed E-state index contributed by atoms with van der Waals surface area (Å²) in [6, 6.07) is 4.97. The summed E-state index contributed by atoms with van der Waals surface area (Å²) < 4.78 is 1.42. The van der Waals surface area contributed by atoms with E-state index in [1.165, 1.54) is 10.9 Å². The van der Waals surface area contributed by atoms with Gasteiger partial charge in [0.15, 0.2) is 6.20 Å². The van der Waals surface area contributed by atoms with Crippen LogP contribution in [0.5, 0.6) is 5.75 Å². The molecule has 1 aromatic heterocycles. The van der Waals surface area contributed by atoms with Crippen molar-refractivity contribution in [3.05, 3.63) is 29.4 Å². The van der Waals surface area contributed by atoms with E-state index in [4.69, 9.17) is 11.6 Å². The Morgan fingerprint density at radius 2 is 2.09 bits per heavy atom. The van der Waals surface area contributed by atoms with Gasteiger partial charge in [-0.05, 0) is 31.0 Å². The Hall–Kier alpha value is -1.92. The number of likely N-dealkylation sites (N-methyl/N-ethyl adjacent to an activating group) is 1. The number of hydrogen-bond donors (Lipinski definition) is 0. The third-order valence-corrected chi connectivity index (χ3v) is 4.11. The summed E-state index contributed by atoms with van der Waals surface area (Å²) in [4.78, 5) is 16.3. The number of nitrogens with zero attached hydrogens (tertiary/aromatic N) is 4. The average Bonchev–Trinajstić information content (AvgIpc) is 2.49. The molecule has 0 bridgehead atoms. The predicted octanol–water partition coefficient (Wildman–Crippen LogP) is 0.0233. The number of benzene rings is 1. The maximum absolute atomic E-state index is 12.3. The molecule has 0 spiro atoms. The molecule has 1 aliphatic heterocycles. The lowest BCUT2D eigenvalue weighted by Crippen LogP contribution is -2.52. The molecule has 1 aliphatic rings. The summed E-state index contributed by atoms with van der Waals surface area (Å²) >= 11 is 5.89. The molecular formula is C15H17ClN4O2. The van der Waals surface area contributed by atoms with Crippen LogP contribution in [0.25, 0.3) is 10.9 Å². The maximum atomic E-state index is 12.3. The van der Waals surface area contributed by atoms with E-state index in [0.29, 0.717) is 29.0 Å². The highest BCUT2D eigenvalue weighted by atomic mass is 35.5. The lowest BCUT2D eigenvalue weighted by atomic mass is 10.2. The Morgan fingerprint density at radius 1 is 1.36 bits per heavy atom. The minimum atomic E-state index is -0.182. The fourth-order valence-corrected chi connectivity index (χ4v) is 2.71. The highest BCUT2D eigenvalue weighted by molar-refractivity contribution is 6.31. The molecule has 1 fully saturated rings. The van der Waals surface area contributed by atoms with Crippen LogP contribution in [0.2, 0.25) is 5.02 Å². The molecule has 2 aromatic rings. The molecule has 3 rings (SSSR count). The Balaban J connectivity index is 1.79. The van der Waals surface area contributed by atoms with Gasteiger partial charge in [0.25, 0.3) is 12.5 Å². The number of fused-ring (bicyclic) bond motifs is 1.